The molecular weight excluding hydrogens is 510 g/mol. The molecular formula is C20H22N2OPPt+. The number of nitrogens with zero attached hydrogens (tertiary/aromatic N) is 2. The van der Waals surface area contributed by atoms with Crippen LogP contribution in [0.2, 0.25) is 0 Å². The van der Waals surface area contributed by atoms with Crippen LogP contribution in [0, 0.1) is 0 Å². The number of benzene rings is 2. The van der Waals surface area contributed by atoms with Crippen molar-refractivity contribution in [3.63, 3.8) is 0 Å². The Kier molecular flexibility index (Phi) is 7.44. The van der Waals surface area contributed by atoms with Gasteiger partial charge in [-0.1, -0.05) is 36.4 Å². The summed E-state index contributed by atoms with van der Waals surface area (Å²) >= 11 is 0. The molecule has 0 aliphatic carbocycles. The molecule has 4 aromatic rings. The van der Waals surface area contributed by atoms with Crippen LogP contribution in [0.1, 0.15) is 0 Å². The Bertz CT molecular complexity index is 905. The maximum Gasteiger partial charge on any atom is 0.0802 e. The van der Waals surface area contributed by atoms with Crippen LogP contribution in [0.15, 0.2) is 60.9 Å². The van der Waals surface area contributed by atoms with Crippen LogP contribution in [0.25, 0.3) is 32.6 Å². The third-order valence-corrected chi connectivity index (χ3v) is 5.16. The summed E-state index contributed by atoms with van der Waals surface area (Å²) in [5, 5.41) is 12.9. The Morgan fingerprint density at radius 1 is 0.800 bits per heavy atom. The fraction of sp³-hybridized carbons (Fsp3) is 0.200. The molecule has 0 radical (unpaired) electrons. The first-order valence-corrected chi connectivity index (χ1v) is 10.8. The Labute approximate surface area is 163 Å². The Morgan fingerprint density at radius 2 is 1.28 bits per heavy atom. The number of rotatable bonds is 2. The molecule has 0 aliphatic rings. The molecule has 3 nitrogen and oxygen atoms in total. The first-order valence-electron chi connectivity index (χ1n) is 8.12. The van der Waals surface area contributed by atoms with Crippen LogP contribution >= 0.6 is 7.92 Å². The quantitative estimate of drug-likeness (QED) is 0.308. The molecule has 2 aromatic carbocycles. The fourth-order valence-electron chi connectivity index (χ4n) is 2.71. The molecule has 5 heteroatoms. The SMILES string of the molecule is C[PH+](C)CCO.[Pt].c1cnc2c(c1)ccc1ccc3cccnc3c12. The van der Waals surface area contributed by atoms with E-state index in [2.05, 4.69) is 59.7 Å². The van der Waals surface area contributed by atoms with Crippen LogP contribution in [0.3, 0.4) is 0 Å². The van der Waals surface area contributed by atoms with E-state index in [4.69, 9.17) is 5.11 Å². The van der Waals surface area contributed by atoms with Crippen molar-refractivity contribution in [3.8, 4) is 0 Å². The normalized spacial score (nSPS) is 10.6. The van der Waals surface area contributed by atoms with Crippen molar-refractivity contribution in [3.05, 3.63) is 60.9 Å². The predicted octanol–water partition coefficient (Wildman–Crippen LogP) is 4.39. The average molecular weight is 532 g/mol. The van der Waals surface area contributed by atoms with Gasteiger partial charge in [0.05, 0.1) is 23.8 Å². The number of hydrogen-bond donors (Lipinski definition) is 1. The van der Waals surface area contributed by atoms with Gasteiger partial charge in [-0.05, 0) is 25.4 Å². The van der Waals surface area contributed by atoms with E-state index in [0.29, 0.717) is 6.61 Å². The summed E-state index contributed by atoms with van der Waals surface area (Å²) in [5.74, 6) is 0. The molecule has 0 bridgehead atoms. The van der Waals surface area contributed by atoms with E-state index in [9.17, 15) is 0 Å². The van der Waals surface area contributed by atoms with Gasteiger partial charge in [-0.25, -0.2) is 0 Å². The number of hydrogen-bond acceptors (Lipinski definition) is 3. The third-order valence-electron chi connectivity index (χ3n) is 3.94. The van der Waals surface area contributed by atoms with E-state index in [1.54, 1.807) is 0 Å². The maximum atomic E-state index is 8.26. The topological polar surface area (TPSA) is 46.0 Å². The number of aliphatic hydroxyl groups excluding tert-OH is 1. The van der Waals surface area contributed by atoms with Crippen molar-refractivity contribution in [2.75, 3.05) is 26.1 Å². The van der Waals surface area contributed by atoms with Crippen molar-refractivity contribution in [1.29, 1.82) is 0 Å². The minimum absolute atomic E-state index is 0. The molecule has 0 saturated heterocycles. The van der Waals surface area contributed by atoms with Gasteiger partial charge in [0.2, 0.25) is 0 Å². The van der Waals surface area contributed by atoms with E-state index in [1.807, 2.05) is 24.5 Å². The van der Waals surface area contributed by atoms with Gasteiger partial charge in [-0.15, -0.1) is 0 Å². The van der Waals surface area contributed by atoms with Gasteiger partial charge in [-0.2, -0.15) is 0 Å². The second-order valence-corrected chi connectivity index (χ2v) is 8.97. The van der Waals surface area contributed by atoms with Gasteiger partial charge in [0.1, 0.15) is 0 Å². The van der Waals surface area contributed by atoms with Crippen molar-refractivity contribution >= 4 is 40.5 Å². The minimum atomic E-state index is -0.136. The largest absolute Gasteiger partial charge is 0.393 e. The number of fused-ring (bicyclic) bond motifs is 5. The first kappa shape index (κ1) is 19.9. The standard InChI is InChI=1S/C16H10N2.C4H11OP.Pt/c1-3-12-7-5-11-6-8-13-4-2-10-18-16(13)14(11)15(12)17-9-1;1-6(2)4-3-5;/h1-10H;5H,3-4H2,1-2H3;/p+1. The second kappa shape index (κ2) is 9.34. The molecule has 0 fully saturated rings. The second-order valence-electron chi connectivity index (χ2n) is 6.06. The van der Waals surface area contributed by atoms with Gasteiger partial charge in [0, 0.05) is 62.9 Å². The van der Waals surface area contributed by atoms with Crippen molar-refractivity contribution in [2.24, 2.45) is 0 Å². The number of pyridine rings is 2. The van der Waals surface area contributed by atoms with Crippen molar-refractivity contribution < 1.29 is 26.2 Å². The first-order chi connectivity index (χ1) is 11.7. The van der Waals surface area contributed by atoms with E-state index in [0.717, 1.165) is 33.4 Å². The van der Waals surface area contributed by atoms with E-state index in [1.165, 1.54) is 5.39 Å². The van der Waals surface area contributed by atoms with Gasteiger partial charge < -0.3 is 5.11 Å². The summed E-state index contributed by atoms with van der Waals surface area (Å²) in [6.45, 7) is 4.77. The van der Waals surface area contributed by atoms with Gasteiger partial charge in [0.15, 0.2) is 0 Å². The monoisotopic (exact) mass is 532 g/mol. The molecule has 25 heavy (non-hydrogen) atoms. The van der Waals surface area contributed by atoms with E-state index >= 15 is 0 Å². The summed E-state index contributed by atoms with van der Waals surface area (Å²) < 4.78 is 0. The Hall–Kier alpha value is -1.40. The molecule has 0 aliphatic heterocycles. The molecule has 2 heterocycles. The smallest absolute Gasteiger partial charge is 0.0802 e. The zero-order valence-electron chi connectivity index (χ0n) is 14.3. The average Bonchev–Trinajstić information content (AvgIpc) is 2.61. The zero-order valence-corrected chi connectivity index (χ0v) is 17.6. The summed E-state index contributed by atoms with van der Waals surface area (Å²) in [5.41, 5.74) is 2.05. The summed E-state index contributed by atoms with van der Waals surface area (Å²) in [7, 11) is -0.136. The summed E-state index contributed by atoms with van der Waals surface area (Å²) in [4.78, 5) is 9.04. The van der Waals surface area contributed by atoms with Gasteiger partial charge in [-0.3, -0.25) is 9.97 Å². The van der Waals surface area contributed by atoms with Gasteiger partial charge in [0.25, 0.3) is 0 Å². The van der Waals surface area contributed by atoms with E-state index < -0.39 is 0 Å². The minimum Gasteiger partial charge on any atom is -0.393 e. The molecule has 132 valence electrons. The molecule has 2 aromatic heterocycles. The number of aromatic nitrogens is 2. The molecule has 1 N–H and O–H groups in total. The third kappa shape index (κ3) is 4.61. The van der Waals surface area contributed by atoms with E-state index in [-0.39, 0.29) is 29.0 Å². The van der Waals surface area contributed by atoms with Gasteiger partial charge >= 0.3 is 0 Å². The molecule has 0 spiro atoms. The number of aliphatic hydroxyl groups is 1. The summed E-state index contributed by atoms with van der Waals surface area (Å²) in [6.07, 6.45) is 4.71. The fourth-order valence-corrected chi connectivity index (χ4v) is 3.16. The Balaban J connectivity index is 0.000000283. The van der Waals surface area contributed by atoms with Crippen molar-refractivity contribution in [1.82, 2.24) is 9.97 Å². The molecule has 0 atom stereocenters. The molecule has 0 saturated carbocycles. The summed E-state index contributed by atoms with van der Waals surface area (Å²) in [6, 6.07) is 16.6. The molecule has 4 rings (SSSR count). The molecule has 0 amide bonds. The van der Waals surface area contributed by atoms with Crippen LogP contribution in [0.4, 0.5) is 0 Å². The predicted molar refractivity (Wildman–Crippen MR) is 107 cm³/mol. The Morgan fingerprint density at radius 3 is 1.68 bits per heavy atom. The molecule has 0 unspecified atom stereocenters. The van der Waals surface area contributed by atoms with Crippen LogP contribution in [0.5, 0.6) is 0 Å². The van der Waals surface area contributed by atoms with Crippen LogP contribution < -0.4 is 0 Å². The van der Waals surface area contributed by atoms with Crippen molar-refractivity contribution in [2.45, 2.75) is 0 Å². The van der Waals surface area contributed by atoms with Crippen LogP contribution in [-0.4, -0.2) is 41.2 Å². The maximum absolute atomic E-state index is 8.26. The zero-order chi connectivity index (χ0) is 16.9. The van der Waals surface area contributed by atoms with Crippen LogP contribution in [-0.2, 0) is 21.1 Å².